The molecule has 344 valence electrons. The van der Waals surface area contributed by atoms with Gasteiger partial charge in [-0.25, -0.2) is 8.42 Å². The Bertz CT molecular complexity index is 2890. The van der Waals surface area contributed by atoms with E-state index in [2.05, 4.69) is 9.48 Å². The summed E-state index contributed by atoms with van der Waals surface area (Å²) in [6, 6.07) is 11.3. The van der Waals surface area contributed by atoms with Crippen LogP contribution in [0.1, 0.15) is 108 Å². The second-order valence-electron chi connectivity index (χ2n) is 17.7. The number of ether oxygens (including phenoxy) is 1. The van der Waals surface area contributed by atoms with Gasteiger partial charge in [0.15, 0.2) is 5.71 Å². The number of carbonyl (C=O) groups is 1. The molecular weight excluding hydrogens is 881 g/mol. The smallest absolute Gasteiger partial charge is 0.303 e. The minimum absolute atomic E-state index is 0.0463. The lowest BCUT2D eigenvalue weighted by Gasteiger charge is -2.28. The highest BCUT2D eigenvalue weighted by molar-refractivity contribution is 7.86. The molecular formula is C47H56N2O12S3. The van der Waals surface area contributed by atoms with Crippen LogP contribution < -0.4 is 9.64 Å². The summed E-state index contributed by atoms with van der Waals surface area (Å²) in [5, 5.41) is 9.21. The van der Waals surface area contributed by atoms with E-state index in [9.17, 15) is 48.8 Å². The van der Waals surface area contributed by atoms with Gasteiger partial charge in [-0.05, 0) is 143 Å². The minimum atomic E-state index is -4.72. The minimum Gasteiger partial charge on any atom is -0.744 e. The predicted molar refractivity (Wildman–Crippen MR) is 243 cm³/mol. The van der Waals surface area contributed by atoms with Gasteiger partial charge < -0.3 is 19.3 Å². The zero-order valence-corrected chi connectivity index (χ0v) is 39.6. The van der Waals surface area contributed by atoms with Gasteiger partial charge >= 0.3 is 5.97 Å². The molecule has 0 spiro atoms. The molecule has 0 fully saturated rings. The number of aryl methyl sites for hydroxylation is 2. The maximum atomic E-state index is 12.4. The molecule has 0 aromatic heterocycles. The molecule has 0 saturated carbocycles. The highest BCUT2D eigenvalue weighted by Crippen LogP contribution is 2.51. The van der Waals surface area contributed by atoms with Crippen molar-refractivity contribution in [3.63, 3.8) is 0 Å². The Labute approximate surface area is 376 Å². The Morgan fingerprint density at radius 1 is 0.812 bits per heavy atom. The van der Waals surface area contributed by atoms with Gasteiger partial charge in [-0.1, -0.05) is 33.3 Å². The number of hydrogen-bond acceptors (Lipinski definition) is 10. The number of anilines is 1. The van der Waals surface area contributed by atoms with Crippen molar-refractivity contribution in [1.29, 1.82) is 0 Å². The third kappa shape index (κ3) is 9.99. The van der Waals surface area contributed by atoms with Crippen LogP contribution in [0.2, 0.25) is 0 Å². The molecule has 2 aliphatic heterocycles. The number of hydrogen-bond donors (Lipinski definition) is 3. The van der Waals surface area contributed by atoms with E-state index < -0.39 is 47.2 Å². The van der Waals surface area contributed by atoms with Crippen LogP contribution in [-0.4, -0.2) is 73.4 Å². The molecule has 0 radical (unpaired) electrons. The first-order valence-corrected chi connectivity index (χ1v) is 25.5. The third-order valence-corrected chi connectivity index (χ3v) is 14.8. The SMILES string of the molecule is CCC[N+]1=C(/C=C/C2=C(Oc3ccc(S(=O)(=O)O)cc3)C(=C/C=C3/N(CCCCCC(=O)O)c4c(C)cc(S(=O)(=O)O)cc4C3(C)C)/CCC2)C(C)(C)c2cc(S(=O)(=O)[O-])cc(C)c21. The maximum absolute atomic E-state index is 12.4. The van der Waals surface area contributed by atoms with Crippen molar-refractivity contribution in [2.45, 2.75) is 125 Å². The fraction of sp³-hybridized carbons (Fsp3) is 0.404. The number of nitrogens with zero attached hydrogens (tertiary/aromatic N) is 2. The molecule has 3 N–H and O–H groups in total. The Morgan fingerprint density at radius 2 is 1.45 bits per heavy atom. The predicted octanol–water partition coefficient (Wildman–Crippen LogP) is 8.81. The summed E-state index contributed by atoms with van der Waals surface area (Å²) >= 11 is 0. The molecule has 64 heavy (non-hydrogen) atoms. The summed E-state index contributed by atoms with van der Waals surface area (Å²) in [4.78, 5) is 12.6. The van der Waals surface area contributed by atoms with E-state index in [4.69, 9.17) is 4.74 Å². The first-order chi connectivity index (χ1) is 29.8. The Balaban J connectivity index is 1.50. The monoisotopic (exact) mass is 936 g/mol. The van der Waals surface area contributed by atoms with Crippen molar-refractivity contribution in [3.05, 3.63) is 118 Å². The molecule has 0 bridgehead atoms. The lowest BCUT2D eigenvalue weighted by Crippen LogP contribution is -2.28. The molecule has 3 aromatic rings. The van der Waals surface area contributed by atoms with Gasteiger partial charge in [0.2, 0.25) is 5.69 Å². The molecule has 0 saturated heterocycles. The van der Waals surface area contributed by atoms with Crippen LogP contribution in [0.5, 0.6) is 5.75 Å². The lowest BCUT2D eigenvalue weighted by atomic mass is 9.80. The fourth-order valence-electron chi connectivity index (χ4n) is 9.16. The number of carboxylic acids is 1. The molecule has 17 heteroatoms. The van der Waals surface area contributed by atoms with E-state index in [1.54, 1.807) is 13.8 Å². The molecule has 0 atom stereocenters. The molecule has 2 heterocycles. The zero-order chi connectivity index (χ0) is 47.2. The number of allylic oxidation sites excluding steroid dienone is 7. The van der Waals surface area contributed by atoms with Crippen LogP contribution in [0.15, 0.2) is 110 Å². The van der Waals surface area contributed by atoms with Gasteiger partial charge in [-0.15, -0.1) is 0 Å². The van der Waals surface area contributed by atoms with Crippen LogP contribution in [-0.2, 0) is 46.0 Å². The Hall–Kier alpha value is -4.91. The second kappa shape index (κ2) is 18.2. The highest BCUT2D eigenvalue weighted by atomic mass is 32.2. The second-order valence-corrected chi connectivity index (χ2v) is 21.9. The third-order valence-electron chi connectivity index (χ3n) is 12.3. The van der Waals surface area contributed by atoms with E-state index >= 15 is 0 Å². The van der Waals surface area contributed by atoms with Crippen LogP contribution in [0, 0.1) is 13.8 Å². The average molecular weight is 937 g/mol. The zero-order valence-electron chi connectivity index (χ0n) is 37.1. The van der Waals surface area contributed by atoms with E-state index in [-0.39, 0.29) is 21.1 Å². The standard InChI is InChI=1S/C47H56N2O12S3/c1-8-24-48-40(46(4,5)38-28-36(63(55,56)57)26-30(2)43(38)48)22-16-32-13-12-14-33(45(32)61-34-18-20-35(21-19-34)62(52,53)54)17-23-41-47(6,7)39-29-37(64(58,59)60)27-31(3)44(39)49(41)25-11-9-10-15-42(50)51/h16-23,26-29H,8-15,24-25H2,1-7H3,(H3-,50,51,52,53,54,55,56,57,58,59,60). The summed E-state index contributed by atoms with van der Waals surface area (Å²) in [6.07, 6.45) is 12.5. The van der Waals surface area contributed by atoms with E-state index in [1.807, 2.05) is 58.9 Å². The highest BCUT2D eigenvalue weighted by Gasteiger charge is 2.46. The Kier molecular flexibility index (Phi) is 13.8. The summed E-state index contributed by atoms with van der Waals surface area (Å²) in [6.45, 7) is 14.7. The largest absolute Gasteiger partial charge is 0.744 e. The van der Waals surface area contributed by atoms with Crippen LogP contribution in [0.4, 0.5) is 11.4 Å². The first-order valence-electron chi connectivity index (χ1n) is 21.2. The fourth-order valence-corrected chi connectivity index (χ4v) is 10.8. The maximum Gasteiger partial charge on any atom is 0.303 e. The van der Waals surface area contributed by atoms with Crippen molar-refractivity contribution >= 4 is 53.4 Å². The molecule has 6 rings (SSSR count). The number of aliphatic carboxylic acids is 1. The number of rotatable bonds is 16. The quantitative estimate of drug-likeness (QED) is 0.0696. The first kappa shape index (κ1) is 48.5. The molecule has 0 unspecified atom stereocenters. The summed E-state index contributed by atoms with van der Waals surface area (Å²) < 4.78 is 114. The normalized spacial score (nSPS) is 18.7. The molecule has 14 nitrogen and oxygen atoms in total. The van der Waals surface area contributed by atoms with Crippen LogP contribution >= 0.6 is 0 Å². The molecule has 3 aliphatic rings. The Morgan fingerprint density at radius 3 is 2.06 bits per heavy atom. The summed E-state index contributed by atoms with van der Waals surface area (Å²) in [5.74, 6) is -0.0367. The van der Waals surface area contributed by atoms with Crippen LogP contribution in [0.3, 0.4) is 0 Å². The lowest BCUT2D eigenvalue weighted by molar-refractivity contribution is -0.438. The van der Waals surface area contributed by atoms with E-state index in [0.29, 0.717) is 73.4 Å². The molecule has 1 aliphatic carbocycles. The van der Waals surface area contributed by atoms with Gasteiger partial charge in [0, 0.05) is 53.4 Å². The number of benzene rings is 3. The van der Waals surface area contributed by atoms with E-state index in [1.165, 1.54) is 48.5 Å². The van der Waals surface area contributed by atoms with Gasteiger partial charge in [0.05, 0.1) is 20.1 Å². The summed E-state index contributed by atoms with van der Waals surface area (Å²) in [7, 11) is -13.7. The number of unbranched alkanes of at least 4 members (excludes halogenated alkanes) is 2. The number of fused-ring (bicyclic) bond motifs is 2. The average Bonchev–Trinajstić information content (AvgIpc) is 3.54. The van der Waals surface area contributed by atoms with Gasteiger partial charge in [0.25, 0.3) is 20.2 Å². The van der Waals surface area contributed by atoms with Crippen LogP contribution in [0.25, 0.3) is 0 Å². The van der Waals surface area contributed by atoms with Crippen molar-refractivity contribution in [3.8, 4) is 5.75 Å². The molecule has 0 amide bonds. The van der Waals surface area contributed by atoms with Gasteiger partial charge in [-0.2, -0.15) is 21.4 Å². The van der Waals surface area contributed by atoms with Crippen molar-refractivity contribution in [2.24, 2.45) is 0 Å². The van der Waals surface area contributed by atoms with Crippen molar-refractivity contribution in [2.75, 3.05) is 18.0 Å². The molecule has 3 aromatic carbocycles. The number of carboxylic acid groups (broad SMARTS) is 1. The topological polar surface area (TPSA) is 219 Å². The van der Waals surface area contributed by atoms with Crippen molar-refractivity contribution < 1.29 is 58.1 Å². The van der Waals surface area contributed by atoms with Gasteiger partial charge in [-0.3, -0.25) is 13.9 Å². The summed E-state index contributed by atoms with van der Waals surface area (Å²) in [5.41, 5.74) is 6.31. The van der Waals surface area contributed by atoms with Crippen molar-refractivity contribution in [1.82, 2.24) is 0 Å². The van der Waals surface area contributed by atoms with E-state index in [0.717, 1.165) is 52.3 Å². The van der Waals surface area contributed by atoms with Gasteiger partial charge in [0.1, 0.15) is 28.2 Å².